The van der Waals surface area contributed by atoms with Crippen molar-refractivity contribution >= 4 is 11.3 Å². The Morgan fingerprint density at radius 1 is 1.07 bits per heavy atom. The highest BCUT2D eigenvalue weighted by molar-refractivity contribution is 7.15. The lowest BCUT2D eigenvalue weighted by atomic mass is 10.1. The van der Waals surface area contributed by atoms with Crippen LogP contribution in [-0.4, -0.2) is 0 Å². The summed E-state index contributed by atoms with van der Waals surface area (Å²) in [5.41, 5.74) is 2.67. The van der Waals surface area contributed by atoms with Crippen molar-refractivity contribution in [3.63, 3.8) is 0 Å². The lowest BCUT2D eigenvalue weighted by molar-refractivity contribution is 0.890. The van der Waals surface area contributed by atoms with Crippen LogP contribution < -0.4 is 0 Å². The van der Waals surface area contributed by atoms with Gasteiger partial charge in [0.15, 0.2) is 0 Å². The Balaban J connectivity index is 2.37. The molecule has 0 fully saturated rings. The van der Waals surface area contributed by atoms with Gasteiger partial charge in [0.05, 0.1) is 0 Å². The van der Waals surface area contributed by atoms with Gasteiger partial charge in [-0.1, -0.05) is 43.7 Å². The highest BCUT2D eigenvalue weighted by Gasteiger charge is 2.05. The van der Waals surface area contributed by atoms with Crippen molar-refractivity contribution in [1.29, 1.82) is 0 Å². The minimum atomic E-state index is 0.633. The Labute approximate surface area is 95.6 Å². The van der Waals surface area contributed by atoms with E-state index < -0.39 is 0 Å². The van der Waals surface area contributed by atoms with E-state index in [0.29, 0.717) is 5.92 Å². The van der Waals surface area contributed by atoms with Crippen LogP contribution in [0.15, 0.2) is 36.4 Å². The summed E-state index contributed by atoms with van der Waals surface area (Å²) in [6.07, 6.45) is 0. The monoisotopic (exact) mass is 216 g/mol. The van der Waals surface area contributed by atoms with E-state index >= 15 is 0 Å². The molecule has 1 heteroatoms. The molecule has 15 heavy (non-hydrogen) atoms. The van der Waals surface area contributed by atoms with Crippen molar-refractivity contribution in [3.05, 3.63) is 46.8 Å². The molecule has 0 aliphatic carbocycles. The van der Waals surface area contributed by atoms with Gasteiger partial charge in [-0.15, -0.1) is 11.3 Å². The summed E-state index contributed by atoms with van der Waals surface area (Å²) >= 11 is 1.90. The van der Waals surface area contributed by atoms with Crippen LogP contribution in [0, 0.1) is 6.92 Å². The van der Waals surface area contributed by atoms with E-state index in [1.807, 2.05) is 11.3 Å². The fourth-order valence-electron chi connectivity index (χ4n) is 1.62. The first-order valence-corrected chi connectivity index (χ1v) is 6.15. The summed E-state index contributed by atoms with van der Waals surface area (Å²) in [6.45, 7) is 6.62. The van der Waals surface area contributed by atoms with Gasteiger partial charge in [0.25, 0.3) is 0 Å². The summed E-state index contributed by atoms with van der Waals surface area (Å²) in [5.74, 6) is 0.633. The van der Waals surface area contributed by atoms with Crippen LogP contribution in [0.5, 0.6) is 0 Å². The molecule has 0 radical (unpaired) electrons. The molecule has 0 amide bonds. The van der Waals surface area contributed by atoms with E-state index in [-0.39, 0.29) is 0 Å². The smallest absolute Gasteiger partial charge is 0.0345 e. The predicted octanol–water partition coefficient (Wildman–Crippen LogP) is 4.85. The summed E-state index contributed by atoms with van der Waals surface area (Å²) in [5, 5.41) is 0. The van der Waals surface area contributed by atoms with Crippen molar-refractivity contribution in [2.75, 3.05) is 0 Å². The Bertz CT molecular complexity index is 452. The number of hydrogen-bond donors (Lipinski definition) is 0. The molecular weight excluding hydrogens is 200 g/mol. The fraction of sp³-hybridized carbons (Fsp3) is 0.286. The first-order chi connectivity index (χ1) is 7.16. The quantitative estimate of drug-likeness (QED) is 0.673. The van der Waals surface area contributed by atoms with Gasteiger partial charge in [-0.05, 0) is 30.5 Å². The summed E-state index contributed by atoms with van der Waals surface area (Å²) in [4.78, 5) is 2.84. The van der Waals surface area contributed by atoms with E-state index in [2.05, 4.69) is 57.2 Å². The van der Waals surface area contributed by atoms with Gasteiger partial charge in [-0.3, -0.25) is 0 Å². The lowest BCUT2D eigenvalue weighted by Crippen LogP contribution is -1.77. The van der Waals surface area contributed by atoms with Gasteiger partial charge in [-0.2, -0.15) is 0 Å². The van der Waals surface area contributed by atoms with Gasteiger partial charge in [0.1, 0.15) is 0 Å². The van der Waals surface area contributed by atoms with E-state index in [9.17, 15) is 0 Å². The third-order valence-electron chi connectivity index (χ3n) is 2.50. The van der Waals surface area contributed by atoms with Crippen LogP contribution in [-0.2, 0) is 0 Å². The molecule has 1 aromatic carbocycles. The molecule has 0 saturated heterocycles. The van der Waals surface area contributed by atoms with Crippen molar-refractivity contribution in [2.45, 2.75) is 26.7 Å². The zero-order valence-electron chi connectivity index (χ0n) is 9.45. The molecule has 0 N–H and O–H groups in total. The van der Waals surface area contributed by atoms with Crippen molar-refractivity contribution in [1.82, 2.24) is 0 Å². The number of rotatable bonds is 2. The fourth-order valence-corrected chi connectivity index (χ4v) is 2.62. The Morgan fingerprint density at radius 3 is 2.47 bits per heavy atom. The molecule has 1 heterocycles. The first kappa shape index (κ1) is 10.4. The zero-order chi connectivity index (χ0) is 10.8. The normalized spacial score (nSPS) is 10.9. The van der Waals surface area contributed by atoms with Crippen LogP contribution in [0.25, 0.3) is 10.4 Å². The number of benzene rings is 1. The second-order valence-electron chi connectivity index (χ2n) is 4.23. The highest BCUT2D eigenvalue weighted by atomic mass is 32.1. The van der Waals surface area contributed by atoms with E-state index in [1.165, 1.54) is 20.9 Å². The molecule has 0 nitrogen and oxygen atoms in total. The average molecular weight is 216 g/mol. The van der Waals surface area contributed by atoms with Gasteiger partial charge >= 0.3 is 0 Å². The number of aryl methyl sites for hydroxylation is 1. The Hall–Kier alpha value is -1.08. The maximum atomic E-state index is 2.25. The third kappa shape index (κ3) is 2.29. The molecule has 1 aromatic heterocycles. The second-order valence-corrected chi connectivity index (χ2v) is 5.34. The van der Waals surface area contributed by atoms with Crippen LogP contribution >= 0.6 is 11.3 Å². The first-order valence-electron chi connectivity index (χ1n) is 5.33. The molecule has 0 aliphatic heterocycles. The molecule has 2 aromatic rings. The van der Waals surface area contributed by atoms with Gasteiger partial charge in [0, 0.05) is 9.75 Å². The summed E-state index contributed by atoms with van der Waals surface area (Å²) in [7, 11) is 0. The highest BCUT2D eigenvalue weighted by Crippen LogP contribution is 2.32. The average Bonchev–Trinajstić information content (AvgIpc) is 2.66. The molecule has 0 aliphatic rings. The standard InChI is InChI=1S/C14H16S/c1-10(2)13-7-8-14(15-13)12-6-4-5-11(3)9-12/h4-10H,1-3H3. The van der Waals surface area contributed by atoms with Crippen LogP contribution in [0.3, 0.4) is 0 Å². The molecule has 78 valence electrons. The van der Waals surface area contributed by atoms with E-state index in [1.54, 1.807) is 0 Å². The molecular formula is C14H16S. The molecule has 0 unspecified atom stereocenters. The largest absolute Gasteiger partial charge is 0.140 e. The number of hydrogen-bond acceptors (Lipinski definition) is 1. The maximum absolute atomic E-state index is 2.25. The minimum Gasteiger partial charge on any atom is -0.140 e. The Morgan fingerprint density at radius 2 is 1.87 bits per heavy atom. The SMILES string of the molecule is Cc1cccc(-c2ccc(C(C)C)s2)c1. The van der Waals surface area contributed by atoms with Gasteiger partial charge in [-0.25, -0.2) is 0 Å². The van der Waals surface area contributed by atoms with E-state index in [0.717, 1.165) is 0 Å². The molecule has 0 bridgehead atoms. The van der Waals surface area contributed by atoms with E-state index in [4.69, 9.17) is 0 Å². The van der Waals surface area contributed by atoms with Crippen LogP contribution in [0.4, 0.5) is 0 Å². The molecule has 0 saturated carbocycles. The maximum Gasteiger partial charge on any atom is 0.0345 e. The lowest BCUT2D eigenvalue weighted by Gasteiger charge is -2.00. The van der Waals surface area contributed by atoms with Crippen LogP contribution in [0.1, 0.15) is 30.2 Å². The topological polar surface area (TPSA) is 0 Å². The van der Waals surface area contributed by atoms with Crippen LogP contribution in [0.2, 0.25) is 0 Å². The number of thiophene rings is 1. The third-order valence-corrected chi connectivity index (χ3v) is 3.93. The molecule has 0 atom stereocenters. The van der Waals surface area contributed by atoms with Crippen molar-refractivity contribution in [3.8, 4) is 10.4 Å². The van der Waals surface area contributed by atoms with Crippen molar-refractivity contribution < 1.29 is 0 Å². The summed E-state index contributed by atoms with van der Waals surface area (Å²) in [6, 6.07) is 13.2. The Kier molecular flexibility index (Phi) is 2.92. The van der Waals surface area contributed by atoms with Gasteiger partial charge < -0.3 is 0 Å². The zero-order valence-corrected chi connectivity index (χ0v) is 10.3. The molecule has 0 spiro atoms. The molecule has 2 rings (SSSR count). The minimum absolute atomic E-state index is 0.633. The van der Waals surface area contributed by atoms with Gasteiger partial charge in [0.2, 0.25) is 0 Å². The summed E-state index contributed by atoms with van der Waals surface area (Å²) < 4.78 is 0. The predicted molar refractivity (Wildman–Crippen MR) is 68.6 cm³/mol. The second kappa shape index (κ2) is 4.19. The van der Waals surface area contributed by atoms with Crippen molar-refractivity contribution in [2.24, 2.45) is 0 Å².